The lowest BCUT2D eigenvalue weighted by Crippen LogP contribution is -2.42. The zero-order valence-electron chi connectivity index (χ0n) is 14.8. The predicted molar refractivity (Wildman–Crippen MR) is 104 cm³/mol. The van der Waals surface area contributed by atoms with Gasteiger partial charge in [-0.1, -0.05) is 30.3 Å². The third-order valence-corrected chi connectivity index (χ3v) is 5.89. The molecular formula is C18H23ClN4O2S. The second kappa shape index (κ2) is 8.31. The average Bonchev–Trinajstić information content (AvgIpc) is 2.96. The van der Waals surface area contributed by atoms with Crippen molar-refractivity contribution < 1.29 is 9.59 Å². The molecule has 0 aliphatic carbocycles. The predicted octanol–water partition coefficient (Wildman–Crippen LogP) is 2.92. The number of aromatic nitrogens is 2. The Morgan fingerprint density at radius 1 is 1.35 bits per heavy atom. The maximum atomic E-state index is 12.5. The number of thioether (sulfide) groups is 1. The lowest BCUT2D eigenvalue weighted by Gasteiger charge is -2.30. The van der Waals surface area contributed by atoms with E-state index in [0.717, 1.165) is 29.2 Å². The Bertz CT molecular complexity index is 815. The standard InChI is InChI=1S/C18H23ClN4O2S/c1-2-7-23-15-4-3-13(19)10-14(15)21-18(23)26-11-16(24)22-8-5-12(6-9-22)17(20)25/h3-4,10,12H,2,5-9,11H2,1H3,(H2,20,25). The monoisotopic (exact) mass is 394 g/mol. The molecule has 2 N–H and O–H groups in total. The van der Waals surface area contributed by atoms with Crippen LogP contribution in [-0.2, 0) is 16.1 Å². The van der Waals surface area contributed by atoms with Gasteiger partial charge in [-0.05, 0) is 37.5 Å². The molecule has 0 radical (unpaired) electrons. The molecule has 0 atom stereocenters. The van der Waals surface area contributed by atoms with Gasteiger partial charge in [-0.15, -0.1) is 0 Å². The normalized spacial score (nSPS) is 15.5. The van der Waals surface area contributed by atoms with Crippen LogP contribution in [0.25, 0.3) is 11.0 Å². The quantitative estimate of drug-likeness (QED) is 0.764. The van der Waals surface area contributed by atoms with Crippen molar-refractivity contribution in [2.24, 2.45) is 11.7 Å². The number of hydrogen-bond acceptors (Lipinski definition) is 4. The molecule has 140 valence electrons. The van der Waals surface area contributed by atoms with E-state index in [1.54, 1.807) is 0 Å². The molecule has 0 bridgehead atoms. The molecule has 0 saturated carbocycles. The van der Waals surface area contributed by atoms with Gasteiger partial charge in [-0.3, -0.25) is 9.59 Å². The van der Waals surface area contributed by atoms with E-state index < -0.39 is 0 Å². The van der Waals surface area contributed by atoms with Gasteiger partial charge in [0.1, 0.15) is 0 Å². The Morgan fingerprint density at radius 2 is 2.08 bits per heavy atom. The molecule has 3 rings (SSSR count). The van der Waals surface area contributed by atoms with Crippen molar-refractivity contribution in [3.8, 4) is 0 Å². The number of primary amides is 1. The smallest absolute Gasteiger partial charge is 0.233 e. The minimum Gasteiger partial charge on any atom is -0.369 e. The lowest BCUT2D eigenvalue weighted by atomic mass is 9.96. The fourth-order valence-electron chi connectivity index (χ4n) is 3.26. The molecule has 2 aromatic rings. The van der Waals surface area contributed by atoms with Gasteiger partial charge in [0, 0.05) is 30.6 Å². The number of rotatable bonds is 6. The molecule has 1 aliphatic rings. The molecule has 2 amide bonds. The van der Waals surface area contributed by atoms with E-state index in [2.05, 4.69) is 16.5 Å². The van der Waals surface area contributed by atoms with Crippen LogP contribution in [0.2, 0.25) is 5.02 Å². The molecule has 8 heteroatoms. The van der Waals surface area contributed by atoms with E-state index in [1.165, 1.54) is 11.8 Å². The summed E-state index contributed by atoms with van der Waals surface area (Å²) in [6.07, 6.45) is 2.29. The van der Waals surface area contributed by atoms with Crippen LogP contribution < -0.4 is 5.73 Å². The van der Waals surface area contributed by atoms with Crippen molar-refractivity contribution in [3.63, 3.8) is 0 Å². The summed E-state index contributed by atoms with van der Waals surface area (Å²) in [6, 6.07) is 5.69. The molecule has 1 aliphatic heterocycles. The number of hydrogen-bond donors (Lipinski definition) is 1. The minimum absolute atomic E-state index is 0.0751. The van der Waals surface area contributed by atoms with Gasteiger partial charge in [-0.25, -0.2) is 4.98 Å². The first kappa shape index (κ1) is 19.0. The van der Waals surface area contributed by atoms with Crippen LogP contribution in [0.15, 0.2) is 23.4 Å². The highest BCUT2D eigenvalue weighted by atomic mass is 35.5. The third kappa shape index (κ3) is 4.15. The first-order valence-electron chi connectivity index (χ1n) is 8.85. The van der Waals surface area contributed by atoms with Gasteiger partial charge >= 0.3 is 0 Å². The molecule has 1 saturated heterocycles. The summed E-state index contributed by atoms with van der Waals surface area (Å²) in [5.74, 6) is 0.0387. The number of fused-ring (bicyclic) bond motifs is 1. The van der Waals surface area contributed by atoms with Crippen molar-refractivity contribution in [2.45, 2.75) is 37.9 Å². The highest BCUT2D eigenvalue weighted by Gasteiger charge is 2.26. The van der Waals surface area contributed by atoms with Gasteiger partial charge < -0.3 is 15.2 Å². The molecule has 0 spiro atoms. The SMILES string of the molecule is CCCn1c(SCC(=O)N2CCC(C(N)=O)CC2)nc2cc(Cl)ccc21. The van der Waals surface area contributed by atoms with Crippen molar-refractivity contribution in [1.82, 2.24) is 14.5 Å². The van der Waals surface area contributed by atoms with Gasteiger partial charge in [0.25, 0.3) is 0 Å². The van der Waals surface area contributed by atoms with Gasteiger partial charge in [-0.2, -0.15) is 0 Å². The van der Waals surface area contributed by atoms with Crippen LogP contribution in [0.3, 0.4) is 0 Å². The molecule has 2 heterocycles. The third-order valence-electron chi connectivity index (χ3n) is 4.70. The number of carbonyl (C=O) groups is 2. The Labute approximate surface area is 162 Å². The first-order valence-corrected chi connectivity index (χ1v) is 10.2. The van der Waals surface area contributed by atoms with E-state index in [1.807, 2.05) is 23.1 Å². The topological polar surface area (TPSA) is 81.2 Å². The fourth-order valence-corrected chi connectivity index (χ4v) is 4.37. The number of likely N-dealkylation sites (tertiary alicyclic amines) is 1. The number of carbonyl (C=O) groups excluding carboxylic acids is 2. The van der Waals surface area contributed by atoms with Crippen LogP contribution >= 0.6 is 23.4 Å². The second-order valence-corrected chi connectivity index (χ2v) is 7.90. The molecule has 26 heavy (non-hydrogen) atoms. The van der Waals surface area contributed by atoms with Crippen molar-refractivity contribution >= 4 is 46.2 Å². The molecule has 1 aromatic carbocycles. The average molecular weight is 395 g/mol. The summed E-state index contributed by atoms with van der Waals surface area (Å²) in [5.41, 5.74) is 7.23. The maximum absolute atomic E-state index is 12.5. The van der Waals surface area contributed by atoms with Crippen LogP contribution in [0.1, 0.15) is 26.2 Å². The van der Waals surface area contributed by atoms with Crippen molar-refractivity contribution in [3.05, 3.63) is 23.2 Å². The van der Waals surface area contributed by atoms with Crippen LogP contribution in [-0.4, -0.2) is 45.1 Å². The van der Waals surface area contributed by atoms with Crippen LogP contribution in [0.5, 0.6) is 0 Å². The van der Waals surface area contributed by atoms with Crippen molar-refractivity contribution in [2.75, 3.05) is 18.8 Å². The minimum atomic E-state index is -0.265. The summed E-state index contributed by atoms with van der Waals surface area (Å²) < 4.78 is 2.14. The van der Waals surface area contributed by atoms with Crippen LogP contribution in [0, 0.1) is 5.92 Å². The van der Waals surface area contributed by atoms with Crippen molar-refractivity contribution in [1.29, 1.82) is 0 Å². The Balaban J connectivity index is 1.66. The fraction of sp³-hybridized carbons (Fsp3) is 0.500. The summed E-state index contributed by atoms with van der Waals surface area (Å²) in [4.78, 5) is 30.2. The summed E-state index contributed by atoms with van der Waals surface area (Å²) in [6.45, 7) is 4.14. The number of aryl methyl sites for hydroxylation is 1. The maximum Gasteiger partial charge on any atom is 0.233 e. The lowest BCUT2D eigenvalue weighted by molar-refractivity contribution is -0.132. The number of piperidine rings is 1. The van der Waals surface area contributed by atoms with E-state index >= 15 is 0 Å². The van der Waals surface area contributed by atoms with Crippen LogP contribution in [0.4, 0.5) is 0 Å². The molecule has 6 nitrogen and oxygen atoms in total. The zero-order valence-corrected chi connectivity index (χ0v) is 16.4. The Morgan fingerprint density at radius 3 is 2.73 bits per heavy atom. The van der Waals surface area contributed by atoms with Gasteiger partial charge in [0.15, 0.2) is 5.16 Å². The molecular weight excluding hydrogens is 372 g/mol. The summed E-state index contributed by atoms with van der Waals surface area (Å²) >= 11 is 7.52. The number of halogens is 1. The Hall–Kier alpha value is -1.73. The van der Waals surface area contributed by atoms with Gasteiger partial charge in [0.05, 0.1) is 16.8 Å². The molecule has 1 fully saturated rings. The number of nitrogens with zero attached hydrogens (tertiary/aromatic N) is 3. The number of imidazole rings is 1. The van der Waals surface area contributed by atoms with E-state index in [0.29, 0.717) is 36.7 Å². The molecule has 0 unspecified atom stereocenters. The van der Waals surface area contributed by atoms with E-state index in [4.69, 9.17) is 17.3 Å². The second-order valence-electron chi connectivity index (χ2n) is 6.53. The zero-order chi connectivity index (χ0) is 18.7. The van der Waals surface area contributed by atoms with E-state index in [9.17, 15) is 9.59 Å². The number of benzene rings is 1. The highest BCUT2D eigenvalue weighted by Crippen LogP contribution is 2.27. The number of nitrogens with two attached hydrogens (primary N) is 1. The molecule has 1 aromatic heterocycles. The Kier molecular flexibility index (Phi) is 6.09. The largest absolute Gasteiger partial charge is 0.369 e. The first-order chi connectivity index (χ1) is 12.5. The number of amides is 2. The van der Waals surface area contributed by atoms with E-state index in [-0.39, 0.29) is 17.7 Å². The summed E-state index contributed by atoms with van der Waals surface area (Å²) in [7, 11) is 0. The van der Waals surface area contributed by atoms with Gasteiger partial charge in [0.2, 0.25) is 11.8 Å². The summed E-state index contributed by atoms with van der Waals surface area (Å²) in [5, 5.41) is 1.49. The highest BCUT2D eigenvalue weighted by molar-refractivity contribution is 7.99.